The third-order valence-corrected chi connectivity index (χ3v) is 3.04. The Bertz CT molecular complexity index is 555. The predicted octanol–water partition coefficient (Wildman–Crippen LogP) is 2.92. The molecule has 1 aromatic heterocycles. The second-order valence-electron chi connectivity index (χ2n) is 4.62. The van der Waals surface area contributed by atoms with Crippen molar-refractivity contribution >= 4 is 0 Å². The molecule has 6 heteroatoms. The van der Waals surface area contributed by atoms with Gasteiger partial charge in [0.15, 0.2) is 0 Å². The van der Waals surface area contributed by atoms with Crippen molar-refractivity contribution in [3.05, 3.63) is 65.5 Å². The maximum absolute atomic E-state index is 12.4. The fourth-order valence-electron chi connectivity index (χ4n) is 1.87. The molecule has 1 unspecified atom stereocenters. The standard InChI is InChI=1S/C15H15F3N2O/c16-15(17,18)13-3-1-11(2-4-13)9-20-10-14(21)12-5-7-19-8-6-12/h1-8,14,20-21H,9-10H2. The number of halogens is 3. The molecule has 1 heterocycles. The number of nitrogens with one attached hydrogen (secondary N) is 1. The summed E-state index contributed by atoms with van der Waals surface area (Å²) in [6.45, 7) is 0.700. The molecular weight excluding hydrogens is 281 g/mol. The number of hydrogen-bond acceptors (Lipinski definition) is 3. The van der Waals surface area contributed by atoms with Crippen LogP contribution in [0.15, 0.2) is 48.8 Å². The Morgan fingerprint density at radius 1 is 1.05 bits per heavy atom. The van der Waals surface area contributed by atoms with Crippen molar-refractivity contribution in [1.82, 2.24) is 10.3 Å². The minimum atomic E-state index is -4.32. The Labute approximate surface area is 120 Å². The highest BCUT2D eigenvalue weighted by atomic mass is 19.4. The van der Waals surface area contributed by atoms with Gasteiger partial charge in [-0.25, -0.2) is 0 Å². The smallest absolute Gasteiger partial charge is 0.387 e. The van der Waals surface area contributed by atoms with Gasteiger partial charge in [0.1, 0.15) is 0 Å². The molecule has 0 saturated carbocycles. The number of alkyl halides is 3. The Morgan fingerprint density at radius 3 is 2.24 bits per heavy atom. The largest absolute Gasteiger partial charge is 0.416 e. The third-order valence-electron chi connectivity index (χ3n) is 3.04. The van der Waals surface area contributed by atoms with Gasteiger partial charge in [-0.3, -0.25) is 4.98 Å². The number of rotatable bonds is 5. The zero-order valence-corrected chi connectivity index (χ0v) is 11.1. The summed E-state index contributed by atoms with van der Waals surface area (Å²) in [4.78, 5) is 3.86. The number of hydrogen-bond donors (Lipinski definition) is 2. The van der Waals surface area contributed by atoms with Crippen LogP contribution in [0.2, 0.25) is 0 Å². The van der Waals surface area contributed by atoms with Crippen molar-refractivity contribution in [2.45, 2.75) is 18.8 Å². The lowest BCUT2D eigenvalue weighted by molar-refractivity contribution is -0.137. The highest BCUT2D eigenvalue weighted by molar-refractivity contribution is 5.24. The molecule has 0 bridgehead atoms. The summed E-state index contributed by atoms with van der Waals surface area (Å²) in [5.41, 5.74) is 0.804. The average molecular weight is 296 g/mol. The van der Waals surface area contributed by atoms with Gasteiger partial charge in [0.05, 0.1) is 11.7 Å². The first-order valence-electron chi connectivity index (χ1n) is 6.41. The van der Waals surface area contributed by atoms with E-state index in [2.05, 4.69) is 10.3 Å². The van der Waals surface area contributed by atoms with Gasteiger partial charge in [-0.05, 0) is 35.4 Å². The summed E-state index contributed by atoms with van der Waals surface area (Å²) in [6, 6.07) is 8.38. The van der Waals surface area contributed by atoms with Crippen LogP contribution in [0.1, 0.15) is 22.8 Å². The maximum Gasteiger partial charge on any atom is 0.416 e. The van der Waals surface area contributed by atoms with Gasteiger partial charge < -0.3 is 10.4 Å². The summed E-state index contributed by atoms with van der Waals surface area (Å²) in [5, 5.41) is 12.9. The lowest BCUT2D eigenvalue weighted by Crippen LogP contribution is -2.21. The molecule has 0 aliphatic heterocycles. The highest BCUT2D eigenvalue weighted by Gasteiger charge is 2.29. The van der Waals surface area contributed by atoms with E-state index in [9.17, 15) is 18.3 Å². The normalized spacial score (nSPS) is 13.1. The first-order chi connectivity index (χ1) is 9.97. The summed E-state index contributed by atoms with van der Waals surface area (Å²) < 4.78 is 37.2. The van der Waals surface area contributed by atoms with Gasteiger partial charge >= 0.3 is 6.18 Å². The zero-order valence-electron chi connectivity index (χ0n) is 11.1. The molecule has 2 rings (SSSR count). The van der Waals surface area contributed by atoms with E-state index in [4.69, 9.17) is 0 Å². The van der Waals surface area contributed by atoms with Gasteiger partial charge in [0.25, 0.3) is 0 Å². The second kappa shape index (κ2) is 6.69. The van der Waals surface area contributed by atoms with Crippen LogP contribution in [-0.2, 0) is 12.7 Å². The highest BCUT2D eigenvalue weighted by Crippen LogP contribution is 2.29. The molecule has 1 atom stereocenters. The van der Waals surface area contributed by atoms with Crippen molar-refractivity contribution in [3.8, 4) is 0 Å². The van der Waals surface area contributed by atoms with Crippen LogP contribution < -0.4 is 5.32 Å². The van der Waals surface area contributed by atoms with E-state index < -0.39 is 17.8 Å². The lowest BCUT2D eigenvalue weighted by Gasteiger charge is -2.12. The zero-order chi connectivity index (χ0) is 15.3. The molecule has 1 aromatic carbocycles. The van der Waals surface area contributed by atoms with Crippen LogP contribution in [0.3, 0.4) is 0 Å². The number of aromatic nitrogens is 1. The van der Waals surface area contributed by atoms with E-state index in [1.165, 1.54) is 12.1 Å². The minimum Gasteiger partial charge on any atom is -0.387 e. The first-order valence-corrected chi connectivity index (χ1v) is 6.41. The van der Waals surface area contributed by atoms with Crippen LogP contribution in [0.4, 0.5) is 13.2 Å². The van der Waals surface area contributed by atoms with Crippen molar-refractivity contribution < 1.29 is 18.3 Å². The predicted molar refractivity (Wildman–Crippen MR) is 72.3 cm³/mol. The van der Waals surface area contributed by atoms with E-state index in [-0.39, 0.29) is 0 Å². The first kappa shape index (κ1) is 15.5. The Morgan fingerprint density at radius 2 is 1.67 bits per heavy atom. The number of pyridine rings is 1. The van der Waals surface area contributed by atoms with Gasteiger partial charge in [-0.15, -0.1) is 0 Å². The van der Waals surface area contributed by atoms with Crippen LogP contribution in [0.25, 0.3) is 0 Å². The van der Waals surface area contributed by atoms with Crippen molar-refractivity contribution in [1.29, 1.82) is 0 Å². The molecule has 3 nitrogen and oxygen atoms in total. The number of nitrogens with zero attached hydrogens (tertiary/aromatic N) is 1. The van der Waals surface area contributed by atoms with Gasteiger partial charge in [0.2, 0.25) is 0 Å². The van der Waals surface area contributed by atoms with E-state index in [1.54, 1.807) is 24.5 Å². The summed E-state index contributed by atoms with van der Waals surface area (Å²) in [5.74, 6) is 0. The Kier molecular flexibility index (Phi) is 4.93. The molecule has 0 saturated heterocycles. The topological polar surface area (TPSA) is 45.1 Å². The van der Waals surface area contributed by atoms with Gasteiger partial charge in [-0.2, -0.15) is 13.2 Å². The number of benzene rings is 1. The monoisotopic (exact) mass is 296 g/mol. The van der Waals surface area contributed by atoms with E-state index in [0.29, 0.717) is 13.1 Å². The van der Waals surface area contributed by atoms with Crippen LogP contribution in [-0.4, -0.2) is 16.6 Å². The van der Waals surface area contributed by atoms with E-state index in [1.807, 2.05) is 0 Å². The fraction of sp³-hybridized carbons (Fsp3) is 0.267. The molecule has 0 aliphatic rings. The summed E-state index contributed by atoms with van der Waals surface area (Å²) in [7, 11) is 0. The lowest BCUT2D eigenvalue weighted by atomic mass is 10.1. The Hall–Kier alpha value is -1.92. The average Bonchev–Trinajstić information content (AvgIpc) is 2.47. The van der Waals surface area contributed by atoms with Crippen molar-refractivity contribution in [2.24, 2.45) is 0 Å². The van der Waals surface area contributed by atoms with Crippen LogP contribution in [0, 0.1) is 0 Å². The van der Waals surface area contributed by atoms with Crippen LogP contribution in [0.5, 0.6) is 0 Å². The van der Waals surface area contributed by atoms with Gasteiger partial charge in [0, 0.05) is 25.5 Å². The van der Waals surface area contributed by atoms with Gasteiger partial charge in [-0.1, -0.05) is 12.1 Å². The molecule has 2 N–H and O–H groups in total. The molecule has 2 aromatic rings. The molecule has 0 radical (unpaired) electrons. The molecule has 0 fully saturated rings. The number of aliphatic hydroxyl groups is 1. The maximum atomic E-state index is 12.4. The van der Waals surface area contributed by atoms with E-state index in [0.717, 1.165) is 23.3 Å². The fourth-order valence-corrected chi connectivity index (χ4v) is 1.87. The Balaban J connectivity index is 1.84. The number of aliphatic hydroxyl groups excluding tert-OH is 1. The molecule has 0 amide bonds. The van der Waals surface area contributed by atoms with Crippen molar-refractivity contribution in [2.75, 3.05) is 6.54 Å². The van der Waals surface area contributed by atoms with Crippen LogP contribution >= 0.6 is 0 Å². The minimum absolute atomic E-state index is 0.311. The molecular formula is C15H15F3N2O. The third kappa shape index (κ3) is 4.54. The van der Waals surface area contributed by atoms with E-state index >= 15 is 0 Å². The molecule has 21 heavy (non-hydrogen) atoms. The summed E-state index contributed by atoms with van der Waals surface area (Å²) >= 11 is 0. The molecule has 112 valence electrons. The second-order valence-corrected chi connectivity index (χ2v) is 4.62. The SMILES string of the molecule is OC(CNCc1ccc(C(F)(F)F)cc1)c1ccncc1. The molecule has 0 aliphatic carbocycles. The quantitative estimate of drug-likeness (QED) is 0.891. The summed E-state index contributed by atoms with van der Waals surface area (Å²) in [6.07, 6.45) is -1.81. The molecule has 0 spiro atoms. The van der Waals surface area contributed by atoms with Crippen molar-refractivity contribution in [3.63, 3.8) is 0 Å².